The summed E-state index contributed by atoms with van der Waals surface area (Å²) in [6.07, 6.45) is 0.0337. The topological polar surface area (TPSA) is 70.6 Å². The molecule has 0 aromatic heterocycles. The summed E-state index contributed by atoms with van der Waals surface area (Å²) in [5.74, 6) is 0.268. The second kappa shape index (κ2) is 3.89. The van der Waals surface area contributed by atoms with Crippen molar-refractivity contribution >= 4 is 6.09 Å². The number of piperidine rings is 1. The molecule has 0 aromatic carbocycles. The molecule has 92 valence electrons. The normalized spacial score (nSPS) is 37.5. The standard InChI is InChI=1S/C11H20N2O3/c1-11(2,3)16-10(15)13-8-7-4-6(5-12-7)9(8)14/h6-9,12,14H,4-5H2,1-3H3,(H,13,15)/t6-,7+,8+,9-/m0/s1. The van der Waals surface area contributed by atoms with E-state index in [4.69, 9.17) is 4.74 Å². The zero-order valence-electron chi connectivity index (χ0n) is 9.99. The minimum Gasteiger partial charge on any atom is -0.444 e. The first-order chi connectivity index (χ1) is 7.37. The zero-order chi connectivity index (χ0) is 11.9. The average Bonchev–Trinajstić information content (AvgIpc) is 2.66. The molecule has 0 unspecified atom stereocenters. The number of rotatable bonds is 1. The van der Waals surface area contributed by atoms with Crippen LogP contribution in [0, 0.1) is 5.92 Å². The Morgan fingerprint density at radius 3 is 2.69 bits per heavy atom. The van der Waals surface area contributed by atoms with Gasteiger partial charge in [-0.05, 0) is 27.2 Å². The number of carbonyl (C=O) groups excluding carboxylic acids is 1. The minimum atomic E-state index is -0.500. The van der Waals surface area contributed by atoms with Gasteiger partial charge in [-0.25, -0.2) is 4.79 Å². The molecule has 2 aliphatic rings. The first-order valence-electron chi connectivity index (χ1n) is 5.78. The van der Waals surface area contributed by atoms with Crippen molar-refractivity contribution in [2.75, 3.05) is 6.54 Å². The lowest BCUT2D eigenvalue weighted by molar-refractivity contribution is 0.0368. The van der Waals surface area contributed by atoms with Crippen LogP contribution in [0.1, 0.15) is 27.2 Å². The number of carbonyl (C=O) groups is 1. The highest BCUT2D eigenvalue weighted by atomic mass is 16.6. The summed E-state index contributed by atoms with van der Waals surface area (Å²) in [4.78, 5) is 11.6. The Morgan fingerprint density at radius 1 is 1.50 bits per heavy atom. The number of aliphatic hydroxyl groups is 1. The fraction of sp³-hybridized carbons (Fsp3) is 0.909. The molecule has 5 nitrogen and oxygen atoms in total. The molecule has 1 aliphatic heterocycles. The first kappa shape index (κ1) is 11.7. The highest BCUT2D eigenvalue weighted by molar-refractivity contribution is 5.68. The van der Waals surface area contributed by atoms with E-state index in [1.807, 2.05) is 20.8 Å². The molecule has 0 spiro atoms. The van der Waals surface area contributed by atoms with Gasteiger partial charge in [0.1, 0.15) is 5.60 Å². The number of hydrogen-bond donors (Lipinski definition) is 3. The molecule has 1 amide bonds. The second-order valence-electron chi connectivity index (χ2n) is 5.67. The summed E-state index contributed by atoms with van der Waals surface area (Å²) in [5.41, 5.74) is -0.500. The molecule has 2 fully saturated rings. The number of hydrogen-bond acceptors (Lipinski definition) is 4. The van der Waals surface area contributed by atoms with E-state index < -0.39 is 17.8 Å². The lowest BCUT2D eigenvalue weighted by Crippen LogP contribution is -2.55. The highest BCUT2D eigenvalue weighted by Gasteiger charge is 2.47. The summed E-state index contributed by atoms with van der Waals surface area (Å²) in [6.45, 7) is 6.31. The van der Waals surface area contributed by atoms with Gasteiger partial charge in [-0.3, -0.25) is 0 Å². The first-order valence-corrected chi connectivity index (χ1v) is 5.78. The van der Waals surface area contributed by atoms with Crippen molar-refractivity contribution in [1.29, 1.82) is 0 Å². The van der Waals surface area contributed by atoms with Crippen LogP contribution < -0.4 is 10.6 Å². The van der Waals surface area contributed by atoms with Gasteiger partial charge < -0.3 is 20.5 Å². The summed E-state index contributed by atoms with van der Waals surface area (Å²) in [7, 11) is 0. The van der Waals surface area contributed by atoms with Crippen LogP contribution in [0.15, 0.2) is 0 Å². The van der Waals surface area contributed by atoms with Crippen LogP contribution in [0.25, 0.3) is 0 Å². The van der Waals surface area contributed by atoms with Gasteiger partial charge in [-0.1, -0.05) is 0 Å². The number of ether oxygens (including phenoxy) is 1. The number of fused-ring (bicyclic) bond motifs is 2. The lowest BCUT2D eigenvalue weighted by Gasteiger charge is -2.29. The van der Waals surface area contributed by atoms with Crippen molar-refractivity contribution in [3.8, 4) is 0 Å². The summed E-state index contributed by atoms with van der Waals surface area (Å²) in [6, 6.07) is -0.0267. The van der Waals surface area contributed by atoms with Crippen molar-refractivity contribution in [1.82, 2.24) is 10.6 Å². The number of aliphatic hydroxyl groups excluding tert-OH is 1. The summed E-state index contributed by atoms with van der Waals surface area (Å²) < 4.78 is 5.17. The quantitative estimate of drug-likeness (QED) is 0.601. The van der Waals surface area contributed by atoms with Crippen LogP contribution in [-0.4, -0.2) is 41.5 Å². The van der Waals surface area contributed by atoms with Crippen LogP contribution in [0.2, 0.25) is 0 Å². The Bertz CT molecular complexity index is 285. The van der Waals surface area contributed by atoms with Gasteiger partial charge in [0.2, 0.25) is 0 Å². The predicted molar refractivity (Wildman–Crippen MR) is 59.1 cm³/mol. The third-order valence-electron chi connectivity index (χ3n) is 3.17. The molecule has 1 saturated heterocycles. The second-order valence-corrected chi connectivity index (χ2v) is 5.67. The van der Waals surface area contributed by atoms with Crippen LogP contribution >= 0.6 is 0 Å². The molecule has 16 heavy (non-hydrogen) atoms. The monoisotopic (exact) mass is 228 g/mol. The largest absolute Gasteiger partial charge is 0.444 e. The zero-order valence-corrected chi connectivity index (χ0v) is 9.99. The molecule has 4 atom stereocenters. The van der Waals surface area contributed by atoms with Gasteiger partial charge in [0.25, 0.3) is 0 Å². The third-order valence-corrected chi connectivity index (χ3v) is 3.17. The van der Waals surface area contributed by atoms with E-state index in [-0.39, 0.29) is 18.0 Å². The molecule has 1 aliphatic carbocycles. The van der Waals surface area contributed by atoms with Gasteiger partial charge in [-0.15, -0.1) is 0 Å². The molecule has 2 bridgehead atoms. The molecule has 1 heterocycles. The molecule has 3 N–H and O–H groups in total. The van der Waals surface area contributed by atoms with Gasteiger partial charge in [-0.2, -0.15) is 0 Å². The van der Waals surface area contributed by atoms with Crippen LogP contribution in [0.3, 0.4) is 0 Å². The Morgan fingerprint density at radius 2 is 2.19 bits per heavy atom. The van der Waals surface area contributed by atoms with Crippen molar-refractivity contribution < 1.29 is 14.6 Å². The predicted octanol–water partition coefficient (Wildman–Crippen LogP) is 0.232. The van der Waals surface area contributed by atoms with Gasteiger partial charge in [0, 0.05) is 18.5 Å². The lowest BCUT2D eigenvalue weighted by atomic mass is 10.0. The van der Waals surface area contributed by atoms with Crippen LogP contribution in [0.4, 0.5) is 4.79 Å². The maximum atomic E-state index is 11.6. The molecule has 1 saturated carbocycles. The van der Waals surface area contributed by atoms with E-state index in [9.17, 15) is 9.90 Å². The number of amides is 1. The van der Waals surface area contributed by atoms with E-state index in [2.05, 4.69) is 10.6 Å². The molecule has 5 heteroatoms. The molecular formula is C11H20N2O3. The fourth-order valence-electron chi connectivity index (χ4n) is 2.49. The Balaban J connectivity index is 1.88. The van der Waals surface area contributed by atoms with Gasteiger partial charge in [0.05, 0.1) is 12.1 Å². The van der Waals surface area contributed by atoms with Gasteiger partial charge >= 0.3 is 6.09 Å². The molecular weight excluding hydrogens is 208 g/mol. The van der Waals surface area contributed by atoms with E-state index in [1.165, 1.54) is 0 Å². The summed E-state index contributed by atoms with van der Waals surface area (Å²) >= 11 is 0. The maximum absolute atomic E-state index is 11.6. The van der Waals surface area contributed by atoms with E-state index in [0.29, 0.717) is 0 Å². The average molecular weight is 228 g/mol. The minimum absolute atomic E-state index is 0.188. The van der Waals surface area contributed by atoms with Crippen molar-refractivity contribution in [3.63, 3.8) is 0 Å². The Kier molecular flexibility index (Phi) is 2.84. The fourth-order valence-corrected chi connectivity index (χ4v) is 2.49. The van der Waals surface area contributed by atoms with Crippen LogP contribution in [0.5, 0.6) is 0 Å². The van der Waals surface area contributed by atoms with Gasteiger partial charge in [0.15, 0.2) is 0 Å². The SMILES string of the molecule is CC(C)(C)OC(=O)N[C@H]1[C@@H](O)[C@@H]2CN[C@@H]1C2. The Hall–Kier alpha value is -0.810. The van der Waals surface area contributed by atoms with Crippen molar-refractivity contribution in [2.24, 2.45) is 5.92 Å². The highest BCUT2D eigenvalue weighted by Crippen LogP contribution is 2.31. The smallest absolute Gasteiger partial charge is 0.408 e. The molecule has 2 rings (SSSR count). The Labute approximate surface area is 95.5 Å². The molecule has 0 radical (unpaired) electrons. The van der Waals surface area contributed by atoms with Crippen molar-refractivity contribution in [2.45, 2.75) is 51.0 Å². The number of nitrogens with one attached hydrogen (secondary N) is 2. The van der Waals surface area contributed by atoms with E-state index in [1.54, 1.807) is 0 Å². The number of alkyl carbamates (subject to hydrolysis) is 1. The third kappa shape index (κ3) is 2.30. The summed E-state index contributed by atoms with van der Waals surface area (Å²) in [5, 5.41) is 15.9. The van der Waals surface area contributed by atoms with E-state index in [0.717, 1.165) is 13.0 Å². The van der Waals surface area contributed by atoms with E-state index >= 15 is 0 Å². The van der Waals surface area contributed by atoms with Crippen molar-refractivity contribution in [3.05, 3.63) is 0 Å². The van der Waals surface area contributed by atoms with Crippen LogP contribution in [-0.2, 0) is 4.74 Å². The maximum Gasteiger partial charge on any atom is 0.408 e. The molecule has 0 aromatic rings.